The first-order chi connectivity index (χ1) is 12.5. The first kappa shape index (κ1) is 19.2. The van der Waals surface area contributed by atoms with Gasteiger partial charge in [-0.25, -0.2) is 4.98 Å². The van der Waals surface area contributed by atoms with Crippen LogP contribution in [-0.4, -0.2) is 47.5 Å². The van der Waals surface area contributed by atoms with Gasteiger partial charge in [-0.3, -0.25) is 4.79 Å². The van der Waals surface area contributed by atoms with E-state index >= 15 is 0 Å². The van der Waals surface area contributed by atoms with E-state index in [1.54, 1.807) is 0 Å². The second-order valence-corrected chi connectivity index (χ2v) is 8.30. The van der Waals surface area contributed by atoms with E-state index in [-0.39, 0.29) is 17.4 Å². The Hall–Kier alpha value is -1.62. The Kier molecular flexibility index (Phi) is 6.17. The summed E-state index contributed by atoms with van der Waals surface area (Å²) < 4.78 is 0. The monoisotopic (exact) mass is 358 g/mol. The van der Waals surface area contributed by atoms with Gasteiger partial charge >= 0.3 is 0 Å². The Morgan fingerprint density at radius 2 is 2.08 bits per heavy atom. The van der Waals surface area contributed by atoms with E-state index < -0.39 is 0 Å². The molecule has 2 aliphatic rings. The van der Waals surface area contributed by atoms with Crippen LogP contribution in [0.25, 0.3) is 0 Å². The van der Waals surface area contributed by atoms with Crippen molar-refractivity contribution in [2.24, 2.45) is 17.6 Å². The third-order valence-corrected chi connectivity index (χ3v) is 6.31. The number of hydrogen-bond donors (Lipinski definition) is 1. The van der Waals surface area contributed by atoms with Gasteiger partial charge in [0.25, 0.3) is 0 Å². The molecule has 0 aromatic carbocycles. The van der Waals surface area contributed by atoms with E-state index in [9.17, 15) is 4.79 Å². The molecule has 1 aromatic rings. The Morgan fingerprint density at radius 3 is 2.69 bits per heavy atom. The molecule has 144 valence electrons. The molecule has 1 aliphatic heterocycles. The van der Waals surface area contributed by atoms with Crippen molar-refractivity contribution in [3.8, 4) is 0 Å². The summed E-state index contributed by atoms with van der Waals surface area (Å²) in [5.41, 5.74) is 6.13. The predicted octanol–water partition coefficient (Wildman–Crippen LogP) is 3.05. The highest BCUT2D eigenvalue weighted by molar-refractivity contribution is 5.80. The predicted molar refractivity (Wildman–Crippen MR) is 106 cm³/mol. The van der Waals surface area contributed by atoms with E-state index in [1.165, 1.54) is 0 Å². The minimum Gasteiger partial charge on any atom is -0.357 e. The summed E-state index contributed by atoms with van der Waals surface area (Å²) in [6.45, 7) is 7.85. The van der Waals surface area contributed by atoms with Crippen LogP contribution in [0.1, 0.15) is 52.4 Å². The Labute approximate surface area is 157 Å². The Bertz CT molecular complexity index is 581. The third kappa shape index (κ3) is 4.37. The standard InChI is InChI=1S/C21H34N4O/c1-3-24(20(26)18-8-4-6-12-21(18,2)22)16-17-10-14-25(15-11-17)19-9-5-7-13-23-19/h5,7,9,13,17-18H,3-4,6,8,10-12,14-16,22H2,1-2H3. The average Bonchev–Trinajstić information content (AvgIpc) is 2.66. The van der Waals surface area contributed by atoms with Crippen molar-refractivity contribution in [1.29, 1.82) is 0 Å². The summed E-state index contributed by atoms with van der Waals surface area (Å²) in [5, 5.41) is 0. The maximum atomic E-state index is 13.1. The van der Waals surface area contributed by atoms with Crippen LogP contribution in [-0.2, 0) is 4.79 Å². The van der Waals surface area contributed by atoms with E-state index in [1.807, 2.05) is 18.3 Å². The summed E-state index contributed by atoms with van der Waals surface area (Å²) in [6.07, 6.45) is 8.27. The largest absolute Gasteiger partial charge is 0.357 e. The van der Waals surface area contributed by atoms with Gasteiger partial charge in [0.1, 0.15) is 5.82 Å². The van der Waals surface area contributed by atoms with Gasteiger partial charge in [0, 0.05) is 37.9 Å². The van der Waals surface area contributed by atoms with Crippen molar-refractivity contribution in [3.63, 3.8) is 0 Å². The van der Waals surface area contributed by atoms with E-state index in [0.29, 0.717) is 5.92 Å². The van der Waals surface area contributed by atoms with E-state index in [4.69, 9.17) is 5.73 Å². The van der Waals surface area contributed by atoms with Crippen LogP contribution in [0.2, 0.25) is 0 Å². The minimum absolute atomic E-state index is 0.00944. The van der Waals surface area contributed by atoms with Gasteiger partial charge in [0.15, 0.2) is 0 Å². The summed E-state index contributed by atoms with van der Waals surface area (Å²) in [4.78, 5) is 22.0. The minimum atomic E-state index is -0.342. The molecule has 1 aliphatic carbocycles. The molecule has 0 radical (unpaired) electrons. The molecule has 2 N–H and O–H groups in total. The lowest BCUT2D eigenvalue weighted by Gasteiger charge is -2.41. The fourth-order valence-corrected chi connectivity index (χ4v) is 4.56. The first-order valence-corrected chi connectivity index (χ1v) is 10.2. The van der Waals surface area contributed by atoms with Gasteiger partial charge in [0.05, 0.1) is 5.92 Å². The number of nitrogens with zero attached hydrogens (tertiary/aromatic N) is 3. The van der Waals surface area contributed by atoms with Crippen LogP contribution < -0.4 is 10.6 Å². The van der Waals surface area contributed by atoms with Crippen molar-refractivity contribution in [1.82, 2.24) is 9.88 Å². The normalized spacial score (nSPS) is 27.3. The Balaban J connectivity index is 1.55. The lowest BCUT2D eigenvalue weighted by Crippen LogP contribution is -2.54. The van der Waals surface area contributed by atoms with Gasteiger partial charge < -0.3 is 15.5 Å². The number of rotatable bonds is 5. The number of pyridine rings is 1. The number of piperidine rings is 1. The maximum Gasteiger partial charge on any atom is 0.227 e. The van der Waals surface area contributed by atoms with E-state index in [2.05, 4.69) is 34.7 Å². The number of amides is 1. The fourth-order valence-electron chi connectivity index (χ4n) is 4.56. The zero-order valence-electron chi connectivity index (χ0n) is 16.4. The molecule has 2 fully saturated rings. The molecule has 0 spiro atoms. The molecule has 1 saturated carbocycles. The lowest BCUT2D eigenvalue weighted by atomic mass is 9.74. The first-order valence-electron chi connectivity index (χ1n) is 10.2. The quantitative estimate of drug-likeness (QED) is 0.879. The fraction of sp³-hybridized carbons (Fsp3) is 0.714. The van der Waals surface area contributed by atoms with Crippen LogP contribution in [0, 0.1) is 11.8 Å². The number of carbonyl (C=O) groups is 1. The number of hydrogen-bond acceptors (Lipinski definition) is 4. The molecule has 1 aromatic heterocycles. The molecule has 3 rings (SSSR count). The molecule has 26 heavy (non-hydrogen) atoms. The van der Waals surface area contributed by atoms with Gasteiger partial charge in [-0.15, -0.1) is 0 Å². The van der Waals surface area contributed by atoms with Crippen LogP contribution in [0.5, 0.6) is 0 Å². The van der Waals surface area contributed by atoms with Crippen molar-refractivity contribution >= 4 is 11.7 Å². The van der Waals surface area contributed by atoms with Gasteiger partial charge in [0.2, 0.25) is 5.91 Å². The second kappa shape index (κ2) is 8.38. The van der Waals surface area contributed by atoms with Crippen molar-refractivity contribution in [2.45, 2.75) is 57.9 Å². The zero-order valence-corrected chi connectivity index (χ0v) is 16.4. The summed E-state index contributed by atoms with van der Waals surface area (Å²) in [5.74, 6) is 1.91. The molecular weight excluding hydrogens is 324 g/mol. The molecule has 1 saturated heterocycles. The molecule has 0 bridgehead atoms. The van der Waals surface area contributed by atoms with Gasteiger partial charge in [-0.05, 0) is 57.6 Å². The number of aromatic nitrogens is 1. The van der Waals surface area contributed by atoms with Gasteiger partial charge in [-0.2, -0.15) is 0 Å². The topological polar surface area (TPSA) is 62.5 Å². The summed E-state index contributed by atoms with van der Waals surface area (Å²) in [6, 6.07) is 6.07. The second-order valence-electron chi connectivity index (χ2n) is 8.30. The SMILES string of the molecule is CCN(CC1CCN(c2ccccn2)CC1)C(=O)C1CCCCC1(C)N. The molecule has 1 amide bonds. The van der Waals surface area contributed by atoms with E-state index in [0.717, 1.165) is 70.5 Å². The molecule has 2 heterocycles. The van der Waals surface area contributed by atoms with Crippen LogP contribution >= 0.6 is 0 Å². The zero-order chi connectivity index (χ0) is 18.6. The summed E-state index contributed by atoms with van der Waals surface area (Å²) >= 11 is 0. The average molecular weight is 359 g/mol. The highest BCUT2D eigenvalue weighted by atomic mass is 16.2. The molecule has 2 atom stereocenters. The van der Waals surface area contributed by atoms with Crippen LogP contribution in [0.15, 0.2) is 24.4 Å². The summed E-state index contributed by atoms with van der Waals surface area (Å²) in [7, 11) is 0. The maximum absolute atomic E-state index is 13.1. The molecule has 2 unspecified atom stereocenters. The van der Waals surface area contributed by atoms with Crippen LogP contribution in [0.4, 0.5) is 5.82 Å². The van der Waals surface area contributed by atoms with Crippen molar-refractivity contribution in [2.75, 3.05) is 31.1 Å². The molecule has 5 heteroatoms. The highest BCUT2D eigenvalue weighted by Crippen LogP contribution is 2.33. The van der Waals surface area contributed by atoms with Gasteiger partial charge in [-0.1, -0.05) is 18.9 Å². The number of carbonyl (C=O) groups excluding carboxylic acids is 1. The lowest BCUT2D eigenvalue weighted by molar-refractivity contribution is -0.139. The van der Waals surface area contributed by atoms with Crippen LogP contribution in [0.3, 0.4) is 0 Å². The van der Waals surface area contributed by atoms with Crippen molar-refractivity contribution < 1.29 is 4.79 Å². The molecule has 5 nitrogen and oxygen atoms in total. The Morgan fingerprint density at radius 1 is 1.31 bits per heavy atom. The third-order valence-electron chi connectivity index (χ3n) is 6.31. The van der Waals surface area contributed by atoms with Crippen molar-refractivity contribution in [3.05, 3.63) is 24.4 Å². The molecular formula is C21H34N4O. The smallest absolute Gasteiger partial charge is 0.227 e. The number of nitrogens with two attached hydrogens (primary N) is 1. The number of anilines is 1. The highest BCUT2D eigenvalue weighted by Gasteiger charge is 2.40.